The van der Waals surface area contributed by atoms with Gasteiger partial charge in [0.15, 0.2) is 11.6 Å². The molecule has 0 aliphatic carbocycles. The van der Waals surface area contributed by atoms with Crippen molar-refractivity contribution in [3.8, 4) is 0 Å². The second-order valence-corrected chi connectivity index (χ2v) is 4.50. The summed E-state index contributed by atoms with van der Waals surface area (Å²) in [6.07, 6.45) is 2.57. The first-order valence-corrected chi connectivity index (χ1v) is 6.23. The summed E-state index contributed by atoms with van der Waals surface area (Å²) in [4.78, 5) is 2.28. The van der Waals surface area contributed by atoms with Gasteiger partial charge in [-0.05, 0) is 24.1 Å². The summed E-state index contributed by atoms with van der Waals surface area (Å²) in [5.41, 5.74) is 0.815. The molecule has 0 aromatic heterocycles. The largest absolute Gasteiger partial charge is 0.314 e. The van der Waals surface area contributed by atoms with Crippen LogP contribution in [-0.2, 0) is 0 Å². The topological polar surface area (TPSA) is 15.3 Å². The van der Waals surface area contributed by atoms with E-state index in [1.54, 1.807) is 6.07 Å². The molecule has 0 spiro atoms. The van der Waals surface area contributed by atoms with Gasteiger partial charge in [0.1, 0.15) is 0 Å². The van der Waals surface area contributed by atoms with Gasteiger partial charge in [-0.1, -0.05) is 12.1 Å². The van der Waals surface area contributed by atoms with Crippen LogP contribution in [0.15, 0.2) is 30.9 Å². The highest BCUT2D eigenvalue weighted by Crippen LogP contribution is 2.26. The maximum absolute atomic E-state index is 13.3. The Kier molecular flexibility index (Phi) is 4.44. The number of benzene rings is 1. The lowest BCUT2D eigenvalue weighted by Gasteiger charge is -2.34. The fourth-order valence-corrected chi connectivity index (χ4v) is 2.37. The van der Waals surface area contributed by atoms with Crippen LogP contribution in [0.1, 0.15) is 18.0 Å². The average Bonchev–Trinajstić information content (AvgIpc) is 2.40. The molecule has 1 aliphatic rings. The zero-order chi connectivity index (χ0) is 13.0. The third-order valence-electron chi connectivity index (χ3n) is 3.31. The molecular formula is C14H18F2N2. The normalized spacial score (nSPS) is 18.6. The first kappa shape index (κ1) is 13.2. The van der Waals surface area contributed by atoms with Crippen molar-refractivity contribution >= 4 is 0 Å². The van der Waals surface area contributed by atoms with Gasteiger partial charge in [0.05, 0.1) is 0 Å². The lowest BCUT2D eigenvalue weighted by molar-refractivity contribution is 0.174. The molecule has 4 heteroatoms. The minimum absolute atomic E-state index is 0.0831. The van der Waals surface area contributed by atoms with E-state index in [-0.39, 0.29) is 6.04 Å². The van der Waals surface area contributed by atoms with Gasteiger partial charge in [-0.15, -0.1) is 6.58 Å². The van der Waals surface area contributed by atoms with Gasteiger partial charge in [-0.2, -0.15) is 0 Å². The van der Waals surface area contributed by atoms with Crippen LogP contribution in [0.2, 0.25) is 0 Å². The van der Waals surface area contributed by atoms with Crippen molar-refractivity contribution in [2.45, 2.75) is 12.5 Å². The van der Waals surface area contributed by atoms with Gasteiger partial charge in [-0.3, -0.25) is 4.90 Å². The maximum Gasteiger partial charge on any atom is 0.159 e. The zero-order valence-electron chi connectivity index (χ0n) is 10.3. The summed E-state index contributed by atoms with van der Waals surface area (Å²) in [6, 6.07) is 4.24. The van der Waals surface area contributed by atoms with Crippen LogP contribution in [0.25, 0.3) is 0 Å². The molecule has 0 unspecified atom stereocenters. The molecule has 1 atom stereocenters. The van der Waals surface area contributed by atoms with Crippen LogP contribution in [0, 0.1) is 11.6 Å². The van der Waals surface area contributed by atoms with Crippen LogP contribution < -0.4 is 5.32 Å². The van der Waals surface area contributed by atoms with Crippen molar-refractivity contribution in [2.75, 3.05) is 26.2 Å². The Morgan fingerprint density at radius 2 is 2.00 bits per heavy atom. The summed E-state index contributed by atoms with van der Waals surface area (Å²) in [5, 5.41) is 3.28. The van der Waals surface area contributed by atoms with Gasteiger partial charge in [0, 0.05) is 32.2 Å². The molecule has 1 aromatic rings. The van der Waals surface area contributed by atoms with E-state index in [1.807, 2.05) is 6.08 Å². The molecule has 1 saturated heterocycles. The Morgan fingerprint density at radius 3 is 2.61 bits per heavy atom. The van der Waals surface area contributed by atoms with Crippen molar-refractivity contribution in [1.82, 2.24) is 10.2 Å². The molecule has 2 nitrogen and oxygen atoms in total. The van der Waals surface area contributed by atoms with Gasteiger partial charge >= 0.3 is 0 Å². The molecule has 98 valence electrons. The third kappa shape index (κ3) is 2.94. The fraction of sp³-hybridized carbons (Fsp3) is 0.429. The van der Waals surface area contributed by atoms with Gasteiger partial charge in [0.25, 0.3) is 0 Å². The monoisotopic (exact) mass is 252 g/mol. The van der Waals surface area contributed by atoms with Crippen LogP contribution >= 0.6 is 0 Å². The van der Waals surface area contributed by atoms with Crippen molar-refractivity contribution in [3.63, 3.8) is 0 Å². The molecular weight excluding hydrogens is 234 g/mol. The minimum Gasteiger partial charge on any atom is -0.314 e. The van der Waals surface area contributed by atoms with E-state index in [9.17, 15) is 8.78 Å². The first-order chi connectivity index (χ1) is 8.72. The number of rotatable bonds is 4. The summed E-state index contributed by atoms with van der Waals surface area (Å²) in [6.45, 7) is 7.43. The molecule has 18 heavy (non-hydrogen) atoms. The molecule has 0 radical (unpaired) electrons. The van der Waals surface area contributed by atoms with E-state index in [0.717, 1.165) is 38.2 Å². The number of piperazine rings is 1. The lowest BCUT2D eigenvalue weighted by atomic mass is 10.0. The van der Waals surface area contributed by atoms with Gasteiger partial charge in [0.2, 0.25) is 0 Å². The Morgan fingerprint density at radius 1 is 1.28 bits per heavy atom. The third-order valence-corrected chi connectivity index (χ3v) is 3.31. The number of nitrogens with one attached hydrogen (secondary N) is 1. The number of halogens is 2. The summed E-state index contributed by atoms with van der Waals surface area (Å²) < 4.78 is 26.3. The van der Waals surface area contributed by atoms with Gasteiger partial charge in [-0.25, -0.2) is 8.78 Å². The summed E-state index contributed by atoms with van der Waals surface area (Å²) in [7, 11) is 0. The molecule has 1 fully saturated rings. The average molecular weight is 252 g/mol. The first-order valence-electron chi connectivity index (χ1n) is 6.23. The van der Waals surface area contributed by atoms with E-state index < -0.39 is 11.6 Å². The molecule has 1 aliphatic heterocycles. The predicted molar refractivity (Wildman–Crippen MR) is 68.4 cm³/mol. The van der Waals surface area contributed by atoms with Gasteiger partial charge < -0.3 is 5.32 Å². The molecule has 0 amide bonds. The van der Waals surface area contributed by atoms with Crippen molar-refractivity contribution < 1.29 is 8.78 Å². The quantitative estimate of drug-likeness (QED) is 0.828. The van der Waals surface area contributed by atoms with Crippen molar-refractivity contribution in [2.24, 2.45) is 0 Å². The smallest absolute Gasteiger partial charge is 0.159 e. The van der Waals surface area contributed by atoms with Crippen molar-refractivity contribution in [1.29, 1.82) is 0 Å². The van der Waals surface area contributed by atoms with Crippen LogP contribution in [0.5, 0.6) is 0 Å². The summed E-state index contributed by atoms with van der Waals surface area (Å²) in [5.74, 6) is -1.58. The van der Waals surface area contributed by atoms with Crippen LogP contribution in [-0.4, -0.2) is 31.1 Å². The zero-order valence-corrected chi connectivity index (χ0v) is 10.3. The summed E-state index contributed by atoms with van der Waals surface area (Å²) >= 11 is 0. The van der Waals surface area contributed by atoms with Crippen LogP contribution in [0.3, 0.4) is 0 Å². The second-order valence-electron chi connectivity index (χ2n) is 4.50. The Labute approximate surface area is 106 Å². The molecule has 0 bridgehead atoms. The van der Waals surface area contributed by atoms with E-state index in [2.05, 4.69) is 16.8 Å². The molecule has 2 rings (SSSR count). The molecule has 1 aromatic carbocycles. The Bertz CT molecular complexity index is 414. The Balaban J connectivity index is 2.22. The Hall–Kier alpha value is -1.26. The molecule has 1 heterocycles. The highest BCUT2D eigenvalue weighted by Gasteiger charge is 2.21. The number of hydrogen-bond acceptors (Lipinski definition) is 2. The van der Waals surface area contributed by atoms with E-state index in [0.29, 0.717) is 0 Å². The SMILES string of the molecule is C=CC[C@@H](c1ccc(F)c(F)c1)N1CCNCC1. The minimum atomic E-state index is -0.795. The van der Waals surface area contributed by atoms with E-state index >= 15 is 0 Å². The molecule has 1 N–H and O–H groups in total. The molecule has 0 saturated carbocycles. The standard InChI is InChI=1S/C14H18F2N2/c1-2-3-14(18-8-6-17-7-9-18)11-4-5-12(15)13(16)10-11/h2,4-5,10,14,17H,1,3,6-9H2/t14-/m0/s1. The highest BCUT2D eigenvalue weighted by atomic mass is 19.2. The second kappa shape index (κ2) is 6.07. The lowest BCUT2D eigenvalue weighted by Crippen LogP contribution is -2.45. The van der Waals surface area contributed by atoms with Crippen LogP contribution in [0.4, 0.5) is 8.78 Å². The predicted octanol–water partition coefficient (Wildman–Crippen LogP) is 2.49. The highest BCUT2D eigenvalue weighted by molar-refractivity contribution is 5.22. The van der Waals surface area contributed by atoms with Crippen molar-refractivity contribution in [3.05, 3.63) is 48.1 Å². The number of hydrogen-bond donors (Lipinski definition) is 1. The van der Waals surface area contributed by atoms with E-state index in [1.165, 1.54) is 12.1 Å². The maximum atomic E-state index is 13.3. The van der Waals surface area contributed by atoms with E-state index in [4.69, 9.17) is 0 Å². The number of nitrogens with zero attached hydrogens (tertiary/aromatic N) is 1. The fourth-order valence-electron chi connectivity index (χ4n) is 2.37.